The highest BCUT2D eigenvalue weighted by atomic mass is 16.6. The lowest BCUT2D eigenvalue weighted by molar-refractivity contribution is -0.117. The van der Waals surface area contributed by atoms with Crippen molar-refractivity contribution in [1.29, 1.82) is 0 Å². The summed E-state index contributed by atoms with van der Waals surface area (Å²) in [6.45, 7) is 8.99. The molecule has 0 bridgehead atoms. The summed E-state index contributed by atoms with van der Waals surface area (Å²) in [5.41, 5.74) is 0.760. The van der Waals surface area contributed by atoms with Crippen molar-refractivity contribution in [3.8, 4) is 11.5 Å². The molecule has 0 radical (unpaired) electrons. The Morgan fingerprint density at radius 2 is 1.96 bits per heavy atom. The van der Waals surface area contributed by atoms with Crippen molar-refractivity contribution < 1.29 is 19.1 Å². The number of rotatable bonds is 7. The minimum Gasteiger partial charge on any atom is -0.486 e. The fraction of sp³-hybridized carbons (Fsp3) is 0.579. The molecular weight excluding hydrogens is 348 g/mol. The van der Waals surface area contributed by atoms with Gasteiger partial charge in [-0.3, -0.25) is 4.79 Å². The molecule has 3 rings (SSSR count). The zero-order valence-electron chi connectivity index (χ0n) is 16.0. The van der Waals surface area contributed by atoms with E-state index in [1.165, 1.54) is 0 Å². The van der Waals surface area contributed by atoms with Crippen molar-refractivity contribution in [2.45, 2.75) is 26.3 Å². The summed E-state index contributed by atoms with van der Waals surface area (Å²) in [5, 5.41) is 5.76. The molecule has 1 saturated heterocycles. The van der Waals surface area contributed by atoms with Crippen molar-refractivity contribution >= 4 is 17.6 Å². The standard InChI is InChI=1S/C19H28N4O4/c1-3-22(4-2)8-7-20-19(25)21-14-11-18(24)23(13-14)15-5-6-16-17(12-15)27-10-9-26-16/h5-6,12,14H,3-4,7-11,13H2,1-2H3,(H2,20,21,25)/t14-/m1/s1. The number of carbonyl (C=O) groups excluding carboxylic acids is 2. The van der Waals surface area contributed by atoms with Gasteiger partial charge in [-0.05, 0) is 25.2 Å². The number of nitrogens with one attached hydrogen (secondary N) is 2. The number of benzene rings is 1. The van der Waals surface area contributed by atoms with E-state index in [4.69, 9.17) is 9.47 Å². The number of likely N-dealkylation sites (N-methyl/N-ethyl adjacent to an activating group) is 1. The highest BCUT2D eigenvalue weighted by Gasteiger charge is 2.32. The number of nitrogens with zero attached hydrogens (tertiary/aromatic N) is 2. The third-order valence-corrected chi connectivity index (χ3v) is 4.91. The molecule has 0 aliphatic carbocycles. The number of fused-ring (bicyclic) bond motifs is 1. The first-order chi connectivity index (χ1) is 13.1. The molecule has 1 fully saturated rings. The summed E-state index contributed by atoms with van der Waals surface area (Å²) in [6, 6.07) is 5.04. The molecule has 1 aromatic rings. The van der Waals surface area contributed by atoms with Crippen molar-refractivity contribution in [3.63, 3.8) is 0 Å². The second-order valence-corrected chi connectivity index (χ2v) is 6.66. The van der Waals surface area contributed by atoms with Gasteiger partial charge in [0.1, 0.15) is 13.2 Å². The molecule has 0 unspecified atom stereocenters. The topological polar surface area (TPSA) is 83.1 Å². The van der Waals surface area contributed by atoms with Crippen LogP contribution in [0.15, 0.2) is 18.2 Å². The average molecular weight is 376 g/mol. The van der Waals surface area contributed by atoms with Gasteiger partial charge in [0.15, 0.2) is 11.5 Å². The van der Waals surface area contributed by atoms with Crippen LogP contribution in [-0.4, -0.2) is 68.8 Å². The summed E-state index contributed by atoms with van der Waals surface area (Å²) in [7, 11) is 0. The summed E-state index contributed by atoms with van der Waals surface area (Å²) in [4.78, 5) is 28.4. The van der Waals surface area contributed by atoms with Gasteiger partial charge in [0.05, 0.1) is 6.04 Å². The first kappa shape index (κ1) is 19.3. The molecule has 3 amide bonds. The van der Waals surface area contributed by atoms with E-state index in [0.29, 0.717) is 37.8 Å². The Balaban J connectivity index is 1.51. The largest absolute Gasteiger partial charge is 0.486 e. The first-order valence-corrected chi connectivity index (χ1v) is 9.57. The third-order valence-electron chi connectivity index (χ3n) is 4.91. The lowest BCUT2D eigenvalue weighted by Crippen LogP contribution is -2.45. The fourth-order valence-corrected chi connectivity index (χ4v) is 3.36. The average Bonchev–Trinajstić information content (AvgIpc) is 3.04. The van der Waals surface area contributed by atoms with E-state index < -0.39 is 0 Å². The highest BCUT2D eigenvalue weighted by Crippen LogP contribution is 2.35. The Morgan fingerprint density at radius 3 is 2.70 bits per heavy atom. The molecule has 0 aromatic heterocycles. The third kappa shape index (κ3) is 4.82. The van der Waals surface area contributed by atoms with E-state index in [1.54, 1.807) is 4.90 Å². The summed E-state index contributed by atoms with van der Waals surface area (Å²) in [6.07, 6.45) is 0.290. The molecule has 8 nitrogen and oxygen atoms in total. The van der Waals surface area contributed by atoms with Crippen molar-refractivity contribution in [1.82, 2.24) is 15.5 Å². The van der Waals surface area contributed by atoms with E-state index in [-0.39, 0.29) is 24.4 Å². The monoisotopic (exact) mass is 376 g/mol. The smallest absolute Gasteiger partial charge is 0.315 e. The Hall–Kier alpha value is -2.48. The Labute approximate surface area is 159 Å². The summed E-state index contributed by atoms with van der Waals surface area (Å²) < 4.78 is 11.1. The van der Waals surface area contributed by atoms with E-state index in [0.717, 1.165) is 25.3 Å². The maximum Gasteiger partial charge on any atom is 0.315 e. The first-order valence-electron chi connectivity index (χ1n) is 9.57. The zero-order valence-corrected chi connectivity index (χ0v) is 16.0. The Morgan fingerprint density at radius 1 is 1.22 bits per heavy atom. The lowest BCUT2D eigenvalue weighted by atomic mass is 10.2. The number of urea groups is 1. The highest BCUT2D eigenvalue weighted by molar-refractivity contribution is 5.97. The minimum absolute atomic E-state index is 0.0138. The molecule has 2 aliphatic rings. The van der Waals surface area contributed by atoms with Crippen LogP contribution in [0, 0.1) is 0 Å². The van der Waals surface area contributed by atoms with Crippen molar-refractivity contribution in [3.05, 3.63) is 18.2 Å². The van der Waals surface area contributed by atoms with E-state index in [2.05, 4.69) is 29.4 Å². The Bertz CT molecular complexity index is 678. The van der Waals surface area contributed by atoms with Gasteiger partial charge >= 0.3 is 6.03 Å². The number of anilines is 1. The van der Waals surface area contributed by atoms with Crippen LogP contribution in [-0.2, 0) is 4.79 Å². The van der Waals surface area contributed by atoms with Gasteiger partial charge < -0.3 is 29.9 Å². The fourth-order valence-electron chi connectivity index (χ4n) is 3.36. The SMILES string of the molecule is CCN(CC)CCNC(=O)N[C@@H]1CC(=O)N(c2ccc3c(c2)OCCO3)C1. The van der Waals surface area contributed by atoms with Crippen LogP contribution >= 0.6 is 0 Å². The quantitative estimate of drug-likeness (QED) is 0.747. The van der Waals surface area contributed by atoms with Crippen molar-refractivity contribution in [2.75, 3.05) is 50.8 Å². The second kappa shape index (κ2) is 8.94. The lowest BCUT2D eigenvalue weighted by Gasteiger charge is -2.22. The molecule has 2 heterocycles. The Kier molecular flexibility index (Phi) is 6.39. The van der Waals surface area contributed by atoms with E-state index in [1.807, 2.05) is 18.2 Å². The molecule has 2 aliphatic heterocycles. The van der Waals surface area contributed by atoms with Crippen LogP contribution < -0.4 is 25.0 Å². The molecule has 0 saturated carbocycles. The number of carbonyl (C=O) groups is 2. The molecule has 27 heavy (non-hydrogen) atoms. The maximum atomic E-state index is 12.4. The predicted octanol–water partition coefficient (Wildman–Crippen LogP) is 1.20. The zero-order chi connectivity index (χ0) is 19.2. The number of amides is 3. The number of ether oxygens (including phenoxy) is 2. The van der Waals surface area contributed by atoms with Gasteiger partial charge in [-0.25, -0.2) is 4.79 Å². The van der Waals surface area contributed by atoms with Crippen LogP contribution in [0.4, 0.5) is 10.5 Å². The normalized spacial score (nSPS) is 18.7. The van der Waals surface area contributed by atoms with Crippen LogP contribution in [0.5, 0.6) is 11.5 Å². The van der Waals surface area contributed by atoms with Crippen LogP contribution in [0.25, 0.3) is 0 Å². The minimum atomic E-state index is -0.232. The summed E-state index contributed by atoms with van der Waals surface area (Å²) >= 11 is 0. The van der Waals surface area contributed by atoms with E-state index >= 15 is 0 Å². The maximum absolute atomic E-state index is 12.4. The molecule has 1 atom stereocenters. The van der Waals surface area contributed by atoms with Gasteiger partial charge in [0.25, 0.3) is 0 Å². The second-order valence-electron chi connectivity index (χ2n) is 6.66. The summed E-state index contributed by atoms with van der Waals surface area (Å²) in [5.74, 6) is 1.33. The molecule has 2 N–H and O–H groups in total. The van der Waals surface area contributed by atoms with Gasteiger partial charge in [0.2, 0.25) is 5.91 Å². The van der Waals surface area contributed by atoms with Gasteiger partial charge in [-0.1, -0.05) is 13.8 Å². The number of hydrogen-bond acceptors (Lipinski definition) is 5. The van der Waals surface area contributed by atoms with Gasteiger partial charge in [0, 0.05) is 37.8 Å². The van der Waals surface area contributed by atoms with Gasteiger partial charge in [-0.15, -0.1) is 0 Å². The molecule has 1 aromatic carbocycles. The van der Waals surface area contributed by atoms with Crippen LogP contribution in [0.3, 0.4) is 0 Å². The predicted molar refractivity (Wildman–Crippen MR) is 103 cm³/mol. The van der Waals surface area contributed by atoms with Crippen LogP contribution in [0.1, 0.15) is 20.3 Å². The molecule has 148 valence electrons. The van der Waals surface area contributed by atoms with E-state index in [9.17, 15) is 9.59 Å². The van der Waals surface area contributed by atoms with Gasteiger partial charge in [-0.2, -0.15) is 0 Å². The van der Waals surface area contributed by atoms with Crippen molar-refractivity contribution in [2.24, 2.45) is 0 Å². The molecular formula is C19H28N4O4. The van der Waals surface area contributed by atoms with Crippen LogP contribution in [0.2, 0.25) is 0 Å². The molecule has 0 spiro atoms. The number of hydrogen-bond donors (Lipinski definition) is 2. The molecule has 8 heteroatoms.